The van der Waals surface area contributed by atoms with E-state index in [1.807, 2.05) is 19.1 Å². The Hall–Kier alpha value is -1.60. The number of hydrogen-bond acceptors (Lipinski definition) is 3. The summed E-state index contributed by atoms with van der Waals surface area (Å²) in [4.78, 5) is 10.5. The molecule has 0 saturated heterocycles. The Bertz CT molecular complexity index is 586. The zero-order valence-electron chi connectivity index (χ0n) is 11.8. The number of carboxylic acid groups (broad SMARTS) is 1. The summed E-state index contributed by atoms with van der Waals surface area (Å²) in [6, 6.07) is 3.63. The van der Waals surface area contributed by atoms with E-state index in [0.717, 1.165) is 21.0 Å². The lowest BCUT2D eigenvalue weighted by Crippen LogP contribution is -2.32. The van der Waals surface area contributed by atoms with Gasteiger partial charge in [-0.2, -0.15) is 8.42 Å². The molecule has 112 valence electrons. The Labute approximate surface area is 118 Å². The Morgan fingerprint density at radius 2 is 1.70 bits per heavy atom. The fourth-order valence-corrected chi connectivity index (χ4v) is 3.16. The first-order chi connectivity index (χ1) is 9.12. The fraction of sp³-hybridized carbons (Fsp3) is 0.462. The molecule has 0 atom stereocenters. The van der Waals surface area contributed by atoms with Crippen LogP contribution in [0.2, 0.25) is 0 Å². The first-order valence-corrected chi connectivity index (χ1v) is 7.57. The van der Waals surface area contributed by atoms with Crippen molar-refractivity contribution in [2.75, 3.05) is 10.8 Å². The van der Waals surface area contributed by atoms with Gasteiger partial charge in [-0.15, -0.1) is 0 Å². The Kier molecular flexibility index (Phi) is 5.13. The molecule has 0 saturated carbocycles. The van der Waals surface area contributed by atoms with Gasteiger partial charge in [0.25, 0.3) is 0 Å². The summed E-state index contributed by atoms with van der Waals surface area (Å²) in [6.45, 7) is 5.33. The van der Waals surface area contributed by atoms with E-state index in [0.29, 0.717) is 5.69 Å². The third-order valence-corrected chi connectivity index (χ3v) is 3.84. The molecule has 0 fully saturated rings. The first kappa shape index (κ1) is 16.5. The van der Waals surface area contributed by atoms with Gasteiger partial charge in [0.05, 0.1) is 5.69 Å². The van der Waals surface area contributed by atoms with Gasteiger partial charge in [-0.1, -0.05) is 17.7 Å². The summed E-state index contributed by atoms with van der Waals surface area (Å²) >= 11 is 0. The van der Waals surface area contributed by atoms with Crippen LogP contribution in [0.25, 0.3) is 0 Å². The van der Waals surface area contributed by atoms with Crippen molar-refractivity contribution < 1.29 is 22.9 Å². The average molecular weight is 301 g/mol. The molecule has 0 aliphatic heterocycles. The smallest absolute Gasteiger partial charge is 0.359 e. The van der Waals surface area contributed by atoms with Gasteiger partial charge in [0.2, 0.25) is 0 Å². The number of aliphatic carboxylic acids is 1. The quantitative estimate of drug-likeness (QED) is 0.784. The monoisotopic (exact) mass is 301 g/mol. The van der Waals surface area contributed by atoms with Crippen molar-refractivity contribution in [1.82, 2.24) is 0 Å². The van der Waals surface area contributed by atoms with Crippen molar-refractivity contribution in [3.63, 3.8) is 0 Å². The van der Waals surface area contributed by atoms with Gasteiger partial charge in [-0.05, 0) is 38.3 Å². The number of rotatable bonds is 6. The molecule has 1 aromatic rings. The highest BCUT2D eigenvalue weighted by molar-refractivity contribution is 7.87. The minimum Gasteiger partial charge on any atom is -0.481 e. The maximum Gasteiger partial charge on any atom is 0.359 e. The third kappa shape index (κ3) is 4.21. The molecule has 0 unspecified atom stereocenters. The topological polar surface area (TPSA) is 94.9 Å². The second kappa shape index (κ2) is 6.23. The van der Waals surface area contributed by atoms with Crippen molar-refractivity contribution in [2.24, 2.45) is 0 Å². The highest BCUT2D eigenvalue weighted by atomic mass is 32.2. The van der Waals surface area contributed by atoms with Crippen LogP contribution < -0.4 is 4.31 Å². The van der Waals surface area contributed by atoms with E-state index in [1.165, 1.54) is 0 Å². The zero-order chi connectivity index (χ0) is 15.5. The van der Waals surface area contributed by atoms with Gasteiger partial charge in [0.1, 0.15) is 0 Å². The van der Waals surface area contributed by atoms with Crippen LogP contribution in [-0.2, 0) is 15.1 Å². The lowest BCUT2D eigenvalue weighted by molar-refractivity contribution is -0.137. The summed E-state index contributed by atoms with van der Waals surface area (Å²) in [7, 11) is -4.43. The maximum absolute atomic E-state index is 11.5. The van der Waals surface area contributed by atoms with Crippen molar-refractivity contribution in [1.29, 1.82) is 0 Å². The van der Waals surface area contributed by atoms with Crippen molar-refractivity contribution >= 4 is 22.0 Å². The van der Waals surface area contributed by atoms with Crippen LogP contribution in [0.3, 0.4) is 0 Å². The molecule has 7 heteroatoms. The second-order valence-corrected chi connectivity index (χ2v) is 6.13. The van der Waals surface area contributed by atoms with Crippen molar-refractivity contribution in [3.8, 4) is 0 Å². The molecule has 1 rings (SSSR count). The number of anilines is 1. The van der Waals surface area contributed by atoms with E-state index in [1.54, 1.807) is 13.8 Å². The second-order valence-electron chi connectivity index (χ2n) is 4.79. The average Bonchev–Trinajstić information content (AvgIpc) is 2.23. The maximum atomic E-state index is 11.5. The Balaban J connectivity index is 3.16. The molecule has 0 aliphatic carbocycles. The predicted molar refractivity (Wildman–Crippen MR) is 76.4 cm³/mol. The molecule has 6 nitrogen and oxygen atoms in total. The van der Waals surface area contributed by atoms with E-state index < -0.39 is 16.3 Å². The van der Waals surface area contributed by atoms with E-state index in [9.17, 15) is 17.8 Å². The number of carboxylic acids is 1. The number of hydrogen-bond donors (Lipinski definition) is 2. The Morgan fingerprint density at radius 1 is 1.20 bits per heavy atom. The molecule has 1 aromatic carbocycles. The van der Waals surface area contributed by atoms with Gasteiger partial charge < -0.3 is 5.11 Å². The fourth-order valence-electron chi connectivity index (χ4n) is 2.28. The normalized spacial score (nSPS) is 11.4. The van der Waals surface area contributed by atoms with Gasteiger partial charge in [0, 0.05) is 13.0 Å². The molecular formula is C13H19NO5S. The van der Waals surface area contributed by atoms with Crippen LogP contribution in [0.4, 0.5) is 5.69 Å². The lowest BCUT2D eigenvalue weighted by Gasteiger charge is -2.24. The number of nitrogens with zero attached hydrogens (tertiary/aromatic N) is 1. The van der Waals surface area contributed by atoms with Crippen LogP contribution in [-0.4, -0.2) is 30.6 Å². The molecule has 0 heterocycles. The number of carbonyl (C=O) groups is 1. The first-order valence-electron chi connectivity index (χ1n) is 6.17. The molecule has 2 N–H and O–H groups in total. The summed E-state index contributed by atoms with van der Waals surface area (Å²) in [5, 5.41) is 8.61. The van der Waals surface area contributed by atoms with E-state index >= 15 is 0 Å². The SMILES string of the molecule is Cc1cc(C)c(N(CCCC(=O)O)S(=O)(=O)O)c(C)c1. The number of aryl methyl sites for hydroxylation is 3. The van der Waals surface area contributed by atoms with Crippen molar-refractivity contribution in [2.45, 2.75) is 33.6 Å². The molecule has 20 heavy (non-hydrogen) atoms. The molecule has 0 spiro atoms. The van der Waals surface area contributed by atoms with Gasteiger partial charge >= 0.3 is 16.3 Å². The highest BCUT2D eigenvalue weighted by Crippen LogP contribution is 2.28. The third-order valence-electron chi connectivity index (χ3n) is 2.92. The van der Waals surface area contributed by atoms with Crippen LogP contribution in [0.5, 0.6) is 0 Å². The van der Waals surface area contributed by atoms with Crippen LogP contribution in [0, 0.1) is 20.8 Å². The van der Waals surface area contributed by atoms with Crippen LogP contribution in [0.15, 0.2) is 12.1 Å². The molecule has 0 bridgehead atoms. The van der Waals surface area contributed by atoms with E-state index in [4.69, 9.17) is 5.11 Å². The largest absolute Gasteiger partial charge is 0.481 e. The highest BCUT2D eigenvalue weighted by Gasteiger charge is 2.23. The standard InChI is InChI=1S/C13H19NO5S/c1-9-7-10(2)13(11(3)8-9)14(20(17,18)19)6-4-5-12(15)16/h7-8H,4-6H2,1-3H3,(H,15,16)(H,17,18,19). The zero-order valence-corrected chi connectivity index (χ0v) is 12.6. The van der Waals surface area contributed by atoms with E-state index in [-0.39, 0.29) is 19.4 Å². The summed E-state index contributed by atoms with van der Waals surface area (Å²) in [6.07, 6.45) is -0.0299. The number of benzene rings is 1. The summed E-state index contributed by atoms with van der Waals surface area (Å²) < 4.78 is 33.3. The van der Waals surface area contributed by atoms with Gasteiger partial charge in [0.15, 0.2) is 0 Å². The summed E-state index contributed by atoms with van der Waals surface area (Å²) in [5.74, 6) is -1.00. The minimum absolute atomic E-state index is 0.0735. The minimum atomic E-state index is -4.43. The van der Waals surface area contributed by atoms with E-state index in [2.05, 4.69) is 0 Å². The molecule has 0 aliphatic rings. The molecular weight excluding hydrogens is 282 g/mol. The lowest BCUT2D eigenvalue weighted by atomic mass is 10.0. The molecule has 0 amide bonds. The van der Waals surface area contributed by atoms with Gasteiger partial charge in [-0.3, -0.25) is 9.35 Å². The van der Waals surface area contributed by atoms with Gasteiger partial charge in [-0.25, -0.2) is 4.31 Å². The summed E-state index contributed by atoms with van der Waals surface area (Å²) in [5.41, 5.74) is 2.83. The predicted octanol–water partition coefficient (Wildman–Crippen LogP) is 2.09. The molecule has 0 aromatic heterocycles. The Morgan fingerprint density at radius 3 is 2.10 bits per heavy atom. The van der Waals surface area contributed by atoms with Crippen molar-refractivity contribution in [3.05, 3.63) is 28.8 Å². The van der Waals surface area contributed by atoms with Crippen LogP contribution in [0.1, 0.15) is 29.5 Å². The molecule has 0 radical (unpaired) electrons. The van der Waals surface area contributed by atoms with Crippen LogP contribution >= 0.6 is 0 Å².